The number of hydrogen-bond acceptors (Lipinski definition) is 5. The maximum Gasteiger partial charge on any atom is 0.282 e. The van der Waals surface area contributed by atoms with Crippen LogP contribution in [-0.4, -0.2) is 29.0 Å². The molecular formula is C23H27BrN4O2. The molecule has 1 fully saturated rings. The molecule has 0 aliphatic carbocycles. The highest BCUT2D eigenvalue weighted by Gasteiger charge is 2.16. The minimum Gasteiger partial charge on any atom is -0.440 e. The third-order valence-corrected chi connectivity index (χ3v) is 6.21. The van der Waals surface area contributed by atoms with E-state index in [-0.39, 0.29) is 11.5 Å². The lowest BCUT2D eigenvalue weighted by molar-refractivity contribution is 0.537. The maximum absolute atomic E-state index is 13.2. The second-order valence-corrected chi connectivity index (χ2v) is 8.80. The van der Waals surface area contributed by atoms with Crippen LogP contribution in [0.15, 0.2) is 49.1 Å². The Hall–Kier alpha value is -2.41. The number of nitrogens with zero attached hydrogens (tertiary/aromatic N) is 4. The van der Waals surface area contributed by atoms with Crippen LogP contribution < -0.4 is 10.5 Å². The number of halogens is 1. The fourth-order valence-electron chi connectivity index (χ4n) is 3.77. The molecule has 0 spiro atoms. The maximum atomic E-state index is 13.2. The van der Waals surface area contributed by atoms with E-state index in [9.17, 15) is 4.79 Å². The molecule has 1 aliphatic rings. The van der Waals surface area contributed by atoms with Gasteiger partial charge in [-0.25, -0.2) is 4.98 Å². The van der Waals surface area contributed by atoms with E-state index in [0.717, 1.165) is 29.9 Å². The highest BCUT2D eigenvalue weighted by Crippen LogP contribution is 2.23. The first kappa shape index (κ1) is 20.8. The highest BCUT2D eigenvalue weighted by atomic mass is 79.9. The largest absolute Gasteiger partial charge is 0.440 e. The predicted octanol–water partition coefficient (Wildman–Crippen LogP) is 5.53. The topological polar surface area (TPSA) is 63.6 Å². The SMILES string of the molecule is CC[C@@H](C)c1nc2ccc(Br)cc2c(=O)n1N=Cc1ccc(N2CCCCCC2)o1. The Morgan fingerprint density at radius 3 is 2.70 bits per heavy atom. The summed E-state index contributed by atoms with van der Waals surface area (Å²) in [5.41, 5.74) is 0.513. The zero-order valence-corrected chi connectivity index (χ0v) is 19.1. The fourth-order valence-corrected chi connectivity index (χ4v) is 4.13. The van der Waals surface area contributed by atoms with Crippen molar-refractivity contribution in [2.45, 2.75) is 51.9 Å². The molecule has 0 amide bonds. The normalized spacial score (nSPS) is 16.3. The molecule has 0 unspecified atom stereocenters. The second kappa shape index (κ2) is 9.16. The third kappa shape index (κ3) is 4.36. The van der Waals surface area contributed by atoms with E-state index in [1.807, 2.05) is 24.3 Å². The molecule has 0 bridgehead atoms. The molecule has 158 valence electrons. The molecule has 2 aromatic heterocycles. The highest BCUT2D eigenvalue weighted by molar-refractivity contribution is 9.10. The number of furan rings is 1. The van der Waals surface area contributed by atoms with E-state index in [4.69, 9.17) is 9.40 Å². The van der Waals surface area contributed by atoms with Gasteiger partial charge in [-0.3, -0.25) is 4.79 Å². The average Bonchev–Trinajstić information content (AvgIpc) is 3.05. The summed E-state index contributed by atoms with van der Waals surface area (Å²) in [6.07, 6.45) is 7.41. The van der Waals surface area contributed by atoms with E-state index in [2.05, 4.69) is 39.8 Å². The van der Waals surface area contributed by atoms with Crippen molar-refractivity contribution in [1.82, 2.24) is 9.66 Å². The van der Waals surface area contributed by atoms with Crippen LogP contribution in [0.5, 0.6) is 0 Å². The van der Waals surface area contributed by atoms with Crippen LogP contribution >= 0.6 is 15.9 Å². The molecule has 0 radical (unpaired) electrons. The molecule has 4 rings (SSSR count). The molecule has 1 saturated heterocycles. The summed E-state index contributed by atoms with van der Waals surface area (Å²) in [4.78, 5) is 20.2. The molecule has 1 aromatic carbocycles. The number of aromatic nitrogens is 2. The summed E-state index contributed by atoms with van der Waals surface area (Å²) in [6, 6.07) is 9.45. The van der Waals surface area contributed by atoms with Crippen molar-refractivity contribution in [1.29, 1.82) is 0 Å². The minimum absolute atomic E-state index is 0.104. The van der Waals surface area contributed by atoms with Crippen LogP contribution in [0.2, 0.25) is 0 Å². The number of fused-ring (bicyclic) bond motifs is 1. The first-order chi connectivity index (χ1) is 14.6. The predicted molar refractivity (Wildman–Crippen MR) is 125 cm³/mol. The zero-order valence-electron chi connectivity index (χ0n) is 17.5. The van der Waals surface area contributed by atoms with Gasteiger partial charge < -0.3 is 9.32 Å². The summed E-state index contributed by atoms with van der Waals surface area (Å²) in [5.74, 6) is 2.26. The van der Waals surface area contributed by atoms with E-state index >= 15 is 0 Å². The van der Waals surface area contributed by atoms with Gasteiger partial charge in [0, 0.05) is 29.5 Å². The van der Waals surface area contributed by atoms with Gasteiger partial charge in [0.1, 0.15) is 11.6 Å². The summed E-state index contributed by atoms with van der Waals surface area (Å²) >= 11 is 3.44. The van der Waals surface area contributed by atoms with Gasteiger partial charge in [0.25, 0.3) is 5.56 Å². The van der Waals surface area contributed by atoms with Crippen molar-refractivity contribution < 1.29 is 4.42 Å². The standard InChI is InChI=1S/C23H27BrN4O2/c1-3-16(2)22-26-20-10-8-17(24)14-19(20)23(29)28(22)25-15-18-9-11-21(30-18)27-12-6-4-5-7-13-27/h8-11,14-16H,3-7,12-13H2,1-2H3/t16-/m1/s1. The third-order valence-electron chi connectivity index (χ3n) is 5.72. The van der Waals surface area contributed by atoms with Crippen LogP contribution in [0, 0.1) is 0 Å². The zero-order chi connectivity index (χ0) is 21.1. The number of benzene rings is 1. The molecule has 0 N–H and O–H groups in total. The van der Waals surface area contributed by atoms with Crippen LogP contribution in [0.3, 0.4) is 0 Å². The van der Waals surface area contributed by atoms with Gasteiger partial charge in [0.2, 0.25) is 0 Å². The summed E-state index contributed by atoms with van der Waals surface area (Å²) in [7, 11) is 0. The lowest BCUT2D eigenvalue weighted by atomic mass is 10.1. The Morgan fingerprint density at radius 1 is 1.20 bits per heavy atom. The quantitative estimate of drug-likeness (QED) is 0.459. The van der Waals surface area contributed by atoms with Gasteiger partial charge in [0.15, 0.2) is 5.88 Å². The minimum atomic E-state index is -0.174. The molecule has 3 aromatic rings. The van der Waals surface area contributed by atoms with E-state index < -0.39 is 0 Å². The van der Waals surface area contributed by atoms with E-state index in [0.29, 0.717) is 22.5 Å². The van der Waals surface area contributed by atoms with Crippen LogP contribution in [0.25, 0.3) is 10.9 Å². The van der Waals surface area contributed by atoms with Crippen LogP contribution in [0.1, 0.15) is 63.5 Å². The van der Waals surface area contributed by atoms with Crippen molar-refractivity contribution in [3.8, 4) is 0 Å². The molecule has 0 saturated carbocycles. The fraction of sp³-hybridized carbons (Fsp3) is 0.435. The van der Waals surface area contributed by atoms with Crippen molar-refractivity contribution in [3.63, 3.8) is 0 Å². The lowest BCUT2D eigenvalue weighted by Crippen LogP contribution is -2.23. The van der Waals surface area contributed by atoms with Gasteiger partial charge in [-0.1, -0.05) is 42.6 Å². The number of rotatable bonds is 5. The Kier molecular flexibility index (Phi) is 6.37. The Balaban J connectivity index is 1.69. The first-order valence-electron chi connectivity index (χ1n) is 10.7. The van der Waals surface area contributed by atoms with Gasteiger partial charge in [-0.15, -0.1) is 0 Å². The van der Waals surface area contributed by atoms with Crippen LogP contribution in [-0.2, 0) is 0 Å². The Morgan fingerprint density at radius 2 is 1.97 bits per heavy atom. The average molecular weight is 471 g/mol. The molecule has 7 heteroatoms. The molecule has 3 heterocycles. The van der Waals surface area contributed by atoms with Crippen LogP contribution in [0.4, 0.5) is 5.88 Å². The number of anilines is 1. The van der Waals surface area contributed by atoms with Gasteiger partial charge in [-0.2, -0.15) is 9.78 Å². The van der Waals surface area contributed by atoms with Gasteiger partial charge >= 0.3 is 0 Å². The van der Waals surface area contributed by atoms with Crippen molar-refractivity contribution in [3.05, 3.63) is 56.7 Å². The smallest absolute Gasteiger partial charge is 0.282 e. The monoisotopic (exact) mass is 470 g/mol. The molecule has 1 aliphatic heterocycles. The molecular weight excluding hydrogens is 444 g/mol. The van der Waals surface area contributed by atoms with Gasteiger partial charge in [-0.05, 0) is 43.5 Å². The Labute approximate surface area is 184 Å². The van der Waals surface area contributed by atoms with Crippen molar-refractivity contribution in [2.24, 2.45) is 5.10 Å². The molecule has 6 nitrogen and oxygen atoms in total. The van der Waals surface area contributed by atoms with E-state index in [1.54, 1.807) is 12.3 Å². The van der Waals surface area contributed by atoms with Gasteiger partial charge in [0.05, 0.1) is 17.1 Å². The second-order valence-electron chi connectivity index (χ2n) is 7.88. The van der Waals surface area contributed by atoms with Crippen molar-refractivity contribution >= 4 is 38.9 Å². The summed E-state index contributed by atoms with van der Waals surface area (Å²) in [6.45, 7) is 6.18. The van der Waals surface area contributed by atoms with E-state index in [1.165, 1.54) is 30.4 Å². The van der Waals surface area contributed by atoms with Crippen molar-refractivity contribution in [2.75, 3.05) is 18.0 Å². The first-order valence-corrected chi connectivity index (χ1v) is 11.5. The summed E-state index contributed by atoms with van der Waals surface area (Å²) in [5, 5.41) is 5.03. The Bertz CT molecular complexity index is 1110. The number of hydrogen-bond donors (Lipinski definition) is 0. The molecule has 1 atom stereocenters. The summed E-state index contributed by atoms with van der Waals surface area (Å²) < 4.78 is 8.26. The molecule has 30 heavy (non-hydrogen) atoms. The lowest BCUT2D eigenvalue weighted by Gasteiger charge is -2.18.